The van der Waals surface area contributed by atoms with Crippen molar-refractivity contribution in [3.8, 4) is 11.3 Å². The number of aromatic nitrogens is 5. The standard InChI is InChI=1S/C14H14N6O3S/c1-3-20-5-8(4-15-20)10-7-24-14(16-10)17-12(21)9-6-19(2)18-11(9)13(22)23/h4-7H,3H2,1-2H3,(H,22,23)(H,16,17,21). The highest BCUT2D eigenvalue weighted by atomic mass is 32.1. The van der Waals surface area contributed by atoms with Gasteiger partial charge in [0, 0.05) is 36.9 Å². The molecule has 0 saturated carbocycles. The number of hydrogen-bond donors (Lipinski definition) is 2. The van der Waals surface area contributed by atoms with Crippen LogP contribution in [0.2, 0.25) is 0 Å². The zero-order chi connectivity index (χ0) is 17.3. The van der Waals surface area contributed by atoms with Gasteiger partial charge in [-0.1, -0.05) is 0 Å². The molecule has 124 valence electrons. The van der Waals surface area contributed by atoms with Crippen LogP contribution < -0.4 is 5.32 Å². The number of carbonyl (C=O) groups is 2. The Morgan fingerprint density at radius 1 is 1.38 bits per heavy atom. The Morgan fingerprint density at radius 2 is 2.17 bits per heavy atom. The lowest BCUT2D eigenvalue weighted by molar-refractivity contribution is 0.0685. The molecule has 0 saturated heterocycles. The second kappa shape index (κ2) is 6.24. The van der Waals surface area contributed by atoms with Gasteiger partial charge in [-0.2, -0.15) is 10.2 Å². The van der Waals surface area contributed by atoms with Crippen molar-refractivity contribution in [2.24, 2.45) is 7.05 Å². The molecule has 9 nitrogen and oxygen atoms in total. The van der Waals surface area contributed by atoms with Gasteiger partial charge in [0.1, 0.15) is 0 Å². The van der Waals surface area contributed by atoms with Crippen LogP contribution in [0.4, 0.5) is 5.13 Å². The van der Waals surface area contributed by atoms with Crippen LogP contribution in [0.15, 0.2) is 24.0 Å². The Balaban J connectivity index is 1.79. The van der Waals surface area contributed by atoms with E-state index in [9.17, 15) is 9.59 Å². The fraction of sp³-hybridized carbons (Fsp3) is 0.214. The van der Waals surface area contributed by atoms with Crippen molar-refractivity contribution in [2.45, 2.75) is 13.5 Å². The van der Waals surface area contributed by atoms with Crippen molar-refractivity contribution >= 4 is 28.3 Å². The van der Waals surface area contributed by atoms with Gasteiger partial charge in [-0.25, -0.2) is 9.78 Å². The molecule has 0 fully saturated rings. The molecular weight excluding hydrogens is 332 g/mol. The fourth-order valence-corrected chi connectivity index (χ4v) is 2.82. The van der Waals surface area contributed by atoms with Gasteiger partial charge < -0.3 is 5.11 Å². The normalized spacial score (nSPS) is 10.8. The van der Waals surface area contributed by atoms with Gasteiger partial charge >= 0.3 is 5.97 Å². The summed E-state index contributed by atoms with van der Waals surface area (Å²) in [6, 6.07) is 0. The average Bonchev–Trinajstić information content (AvgIpc) is 3.24. The maximum Gasteiger partial charge on any atom is 0.357 e. The predicted molar refractivity (Wildman–Crippen MR) is 87.1 cm³/mol. The van der Waals surface area contributed by atoms with Crippen LogP contribution in [0.5, 0.6) is 0 Å². The Kier molecular flexibility index (Phi) is 4.13. The summed E-state index contributed by atoms with van der Waals surface area (Å²) < 4.78 is 3.06. The Hall–Kier alpha value is -3.01. The number of anilines is 1. The molecule has 0 atom stereocenters. The van der Waals surface area contributed by atoms with Crippen LogP contribution in [-0.4, -0.2) is 41.5 Å². The van der Waals surface area contributed by atoms with Crippen molar-refractivity contribution in [3.63, 3.8) is 0 Å². The molecular formula is C14H14N6O3S. The molecule has 0 radical (unpaired) electrons. The molecule has 3 rings (SSSR count). The van der Waals surface area contributed by atoms with Crippen LogP contribution in [0.3, 0.4) is 0 Å². The average molecular weight is 346 g/mol. The zero-order valence-electron chi connectivity index (χ0n) is 12.9. The number of aromatic carboxylic acids is 1. The van der Waals surface area contributed by atoms with Gasteiger partial charge in [0.05, 0.1) is 17.5 Å². The molecule has 0 aliphatic heterocycles. The molecule has 0 aromatic carbocycles. The first-order valence-electron chi connectivity index (χ1n) is 7.04. The largest absolute Gasteiger partial charge is 0.476 e. The lowest BCUT2D eigenvalue weighted by atomic mass is 10.2. The number of nitrogens with one attached hydrogen (secondary N) is 1. The van der Waals surface area contributed by atoms with Crippen molar-refractivity contribution in [1.29, 1.82) is 0 Å². The predicted octanol–water partition coefficient (Wildman–Crippen LogP) is 1.71. The first-order chi connectivity index (χ1) is 11.5. The summed E-state index contributed by atoms with van der Waals surface area (Å²) in [6.45, 7) is 2.74. The number of carboxylic acids is 1. The summed E-state index contributed by atoms with van der Waals surface area (Å²) in [4.78, 5) is 27.7. The van der Waals surface area contributed by atoms with Crippen molar-refractivity contribution in [2.75, 3.05) is 5.32 Å². The number of aryl methyl sites for hydroxylation is 2. The Bertz CT molecular complexity index is 909. The molecule has 10 heteroatoms. The number of carbonyl (C=O) groups excluding carboxylic acids is 1. The first-order valence-corrected chi connectivity index (χ1v) is 7.92. The highest BCUT2D eigenvalue weighted by molar-refractivity contribution is 7.14. The monoisotopic (exact) mass is 346 g/mol. The van der Waals surface area contributed by atoms with Crippen molar-refractivity contribution in [1.82, 2.24) is 24.5 Å². The number of amides is 1. The lowest BCUT2D eigenvalue weighted by Gasteiger charge is -1.99. The van der Waals surface area contributed by atoms with Crippen LogP contribution in [-0.2, 0) is 13.6 Å². The van der Waals surface area contributed by atoms with Gasteiger partial charge in [-0.05, 0) is 6.92 Å². The minimum Gasteiger partial charge on any atom is -0.476 e. The van der Waals surface area contributed by atoms with Gasteiger partial charge in [0.15, 0.2) is 10.8 Å². The van der Waals surface area contributed by atoms with Gasteiger partial charge in [-0.15, -0.1) is 11.3 Å². The van der Waals surface area contributed by atoms with E-state index < -0.39 is 11.9 Å². The van der Waals surface area contributed by atoms with Gasteiger partial charge in [0.2, 0.25) is 0 Å². The maximum atomic E-state index is 12.3. The van der Waals surface area contributed by atoms with Crippen LogP contribution in [0.25, 0.3) is 11.3 Å². The number of carboxylic acid groups (broad SMARTS) is 1. The first kappa shape index (κ1) is 15.9. The van der Waals surface area contributed by atoms with E-state index >= 15 is 0 Å². The number of nitrogens with zero attached hydrogens (tertiary/aromatic N) is 5. The van der Waals surface area contributed by atoms with Crippen LogP contribution >= 0.6 is 11.3 Å². The van der Waals surface area contributed by atoms with E-state index in [4.69, 9.17) is 5.11 Å². The smallest absolute Gasteiger partial charge is 0.357 e. The minimum atomic E-state index is -1.26. The van der Waals surface area contributed by atoms with Crippen molar-refractivity contribution in [3.05, 3.63) is 35.2 Å². The molecule has 1 amide bonds. The topological polar surface area (TPSA) is 115 Å². The quantitative estimate of drug-likeness (QED) is 0.727. The van der Waals surface area contributed by atoms with Crippen LogP contribution in [0.1, 0.15) is 27.8 Å². The summed E-state index contributed by atoms with van der Waals surface area (Å²) in [5, 5.41) is 21.8. The molecule has 0 unspecified atom stereocenters. The summed E-state index contributed by atoms with van der Waals surface area (Å²) in [7, 11) is 1.55. The number of rotatable bonds is 5. The van der Waals surface area contributed by atoms with E-state index in [0.29, 0.717) is 10.8 Å². The zero-order valence-corrected chi connectivity index (χ0v) is 13.7. The maximum absolute atomic E-state index is 12.3. The SMILES string of the molecule is CCn1cc(-c2csc(NC(=O)c3cn(C)nc3C(=O)O)n2)cn1. The molecule has 0 spiro atoms. The number of thiazole rings is 1. The highest BCUT2D eigenvalue weighted by Crippen LogP contribution is 2.25. The number of hydrogen-bond acceptors (Lipinski definition) is 6. The summed E-state index contributed by atoms with van der Waals surface area (Å²) in [6.07, 6.45) is 4.93. The van der Waals surface area contributed by atoms with E-state index in [1.807, 2.05) is 13.1 Å². The van der Waals surface area contributed by atoms with Gasteiger partial charge in [0.25, 0.3) is 5.91 Å². The van der Waals surface area contributed by atoms with E-state index in [1.54, 1.807) is 23.3 Å². The second-order valence-electron chi connectivity index (χ2n) is 4.95. The third-order valence-corrected chi connectivity index (χ3v) is 4.01. The Labute approximate surface area is 140 Å². The molecule has 0 aliphatic rings. The molecule has 24 heavy (non-hydrogen) atoms. The highest BCUT2D eigenvalue weighted by Gasteiger charge is 2.21. The minimum absolute atomic E-state index is 0.0134. The lowest BCUT2D eigenvalue weighted by Crippen LogP contribution is -2.15. The fourth-order valence-electron chi connectivity index (χ4n) is 2.11. The van der Waals surface area contributed by atoms with Gasteiger partial charge in [-0.3, -0.25) is 19.5 Å². The van der Waals surface area contributed by atoms with E-state index in [-0.39, 0.29) is 11.3 Å². The third-order valence-electron chi connectivity index (χ3n) is 3.25. The third kappa shape index (κ3) is 3.04. The molecule has 0 aliphatic carbocycles. The molecule has 3 aromatic rings. The van der Waals surface area contributed by atoms with E-state index in [2.05, 4.69) is 20.5 Å². The van der Waals surface area contributed by atoms with Crippen molar-refractivity contribution < 1.29 is 14.7 Å². The summed E-state index contributed by atoms with van der Waals surface area (Å²) >= 11 is 1.25. The molecule has 2 N–H and O–H groups in total. The molecule has 0 bridgehead atoms. The molecule has 3 heterocycles. The van der Waals surface area contributed by atoms with E-state index in [0.717, 1.165) is 12.1 Å². The summed E-state index contributed by atoms with van der Waals surface area (Å²) in [5.74, 6) is -1.82. The molecule has 3 aromatic heterocycles. The Morgan fingerprint density at radius 3 is 2.83 bits per heavy atom. The van der Waals surface area contributed by atoms with Crippen LogP contribution in [0, 0.1) is 0 Å². The summed E-state index contributed by atoms with van der Waals surface area (Å²) in [5.41, 5.74) is 1.23. The van der Waals surface area contributed by atoms with E-state index in [1.165, 1.54) is 22.2 Å². The second-order valence-corrected chi connectivity index (χ2v) is 5.81.